The summed E-state index contributed by atoms with van der Waals surface area (Å²) in [6.45, 7) is 16.2. The lowest BCUT2D eigenvalue weighted by Gasteiger charge is -2.27. The monoisotopic (exact) mass is 234 g/mol. The van der Waals surface area contributed by atoms with Gasteiger partial charge in [-0.15, -0.1) is 0 Å². The molecule has 0 aliphatic heterocycles. The van der Waals surface area contributed by atoms with E-state index in [2.05, 4.69) is 59.7 Å². The lowest BCUT2D eigenvalue weighted by Crippen LogP contribution is -2.17. The maximum atomic E-state index is 5.73. The summed E-state index contributed by atoms with van der Waals surface area (Å²) in [4.78, 5) is 0. The summed E-state index contributed by atoms with van der Waals surface area (Å²) >= 11 is 0. The number of rotatable bonds is 2. The molecule has 1 aromatic rings. The van der Waals surface area contributed by atoms with Gasteiger partial charge in [0, 0.05) is 0 Å². The van der Waals surface area contributed by atoms with Gasteiger partial charge in [0.2, 0.25) is 0 Å². The highest BCUT2D eigenvalue weighted by atomic mass is 16.5. The SMILES string of the molecule is CCOc1ccc(C(C)(C)C)cc1C(C)(C)C. The Labute approximate surface area is 106 Å². The van der Waals surface area contributed by atoms with E-state index in [-0.39, 0.29) is 10.8 Å². The molecule has 0 spiro atoms. The van der Waals surface area contributed by atoms with Crippen LogP contribution >= 0.6 is 0 Å². The van der Waals surface area contributed by atoms with E-state index < -0.39 is 0 Å². The fourth-order valence-corrected chi connectivity index (χ4v) is 1.86. The molecule has 0 aliphatic carbocycles. The third-order valence-corrected chi connectivity index (χ3v) is 2.95. The van der Waals surface area contributed by atoms with Crippen LogP contribution in [0.25, 0.3) is 0 Å². The molecule has 0 amide bonds. The first-order valence-corrected chi connectivity index (χ1v) is 6.44. The topological polar surface area (TPSA) is 9.23 Å². The lowest BCUT2D eigenvalue weighted by atomic mass is 9.80. The summed E-state index contributed by atoms with van der Waals surface area (Å²) < 4.78 is 5.73. The number of ether oxygens (including phenoxy) is 1. The third-order valence-electron chi connectivity index (χ3n) is 2.95. The standard InChI is InChI=1S/C16H26O/c1-8-17-14-10-9-12(15(2,3)4)11-13(14)16(5,6)7/h9-11H,8H2,1-7H3. The fraction of sp³-hybridized carbons (Fsp3) is 0.625. The van der Waals surface area contributed by atoms with Crippen molar-refractivity contribution in [1.82, 2.24) is 0 Å². The van der Waals surface area contributed by atoms with Gasteiger partial charge in [-0.1, -0.05) is 53.7 Å². The first-order chi connectivity index (χ1) is 7.66. The van der Waals surface area contributed by atoms with Gasteiger partial charge in [-0.3, -0.25) is 0 Å². The Hall–Kier alpha value is -0.980. The van der Waals surface area contributed by atoms with Crippen LogP contribution in [0.1, 0.15) is 59.6 Å². The van der Waals surface area contributed by atoms with Crippen LogP contribution in [0.2, 0.25) is 0 Å². The van der Waals surface area contributed by atoms with Gasteiger partial charge in [0.15, 0.2) is 0 Å². The van der Waals surface area contributed by atoms with Gasteiger partial charge in [-0.25, -0.2) is 0 Å². The molecule has 0 unspecified atom stereocenters. The van der Waals surface area contributed by atoms with Gasteiger partial charge >= 0.3 is 0 Å². The summed E-state index contributed by atoms with van der Waals surface area (Å²) in [5.41, 5.74) is 2.97. The van der Waals surface area contributed by atoms with Crippen molar-refractivity contribution in [2.24, 2.45) is 0 Å². The Bertz CT molecular complexity index is 377. The van der Waals surface area contributed by atoms with Crippen LogP contribution in [0.3, 0.4) is 0 Å². The van der Waals surface area contributed by atoms with Crippen molar-refractivity contribution in [2.45, 2.75) is 59.3 Å². The molecule has 0 radical (unpaired) electrons. The molecule has 0 aliphatic rings. The third kappa shape index (κ3) is 3.49. The maximum Gasteiger partial charge on any atom is 0.123 e. The molecule has 1 nitrogen and oxygen atoms in total. The van der Waals surface area contributed by atoms with Crippen molar-refractivity contribution >= 4 is 0 Å². The highest BCUT2D eigenvalue weighted by Gasteiger charge is 2.22. The molecule has 0 bridgehead atoms. The van der Waals surface area contributed by atoms with E-state index >= 15 is 0 Å². The fourth-order valence-electron chi connectivity index (χ4n) is 1.86. The second kappa shape index (κ2) is 4.72. The molecule has 0 atom stereocenters. The summed E-state index contributed by atoms with van der Waals surface area (Å²) in [7, 11) is 0. The molecular weight excluding hydrogens is 208 g/mol. The van der Waals surface area contributed by atoms with Crippen molar-refractivity contribution in [3.8, 4) is 5.75 Å². The Morgan fingerprint density at radius 2 is 1.53 bits per heavy atom. The summed E-state index contributed by atoms with van der Waals surface area (Å²) in [6.07, 6.45) is 0. The molecule has 96 valence electrons. The second-order valence-corrected chi connectivity index (χ2v) is 6.64. The summed E-state index contributed by atoms with van der Waals surface area (Å²) in [6, 6.07) is 6.59. The Kier molecular flexibility index (Phi) is 3.91. The van der Waals surface area contributed by atoms with Crippen LogP contribution in [-0.4, -0.2) is 6.61 Å². The Morgan fingerprint density at radius 3 is 1.94 bits per heavy atom. The molecule has 0 saturated heterocycles. The molecule has 0 fully saturated rings. The van der Waals surface area contributed by atoms with E-state index in [0.29, 0.717) is 0 Å². The van der Waals surface area contributed by atoms with Gasteiger partial charge in [-0.05, 0) is 34.9 Å². The molecule has 0 N–H and O–H groups in total. The molecule has 0 saturated carbocycles. The van der Waals surface area contributed by atoms with Crippen LogP contribution in [0.5, 0.6) is 5.75 Å². The summed E-state index contributed by atoms with van der Waals surface area (Å²) in [5, 5.41) is 0. The Balaban J connectivity index is 3.30. The smallest absolute Gasteiger partial charge is 0.123 e. The van der Waals surface area contributed by atoms with Gasteiger partial charge < -0.3 is 4.74 Å². The number of benzene rings is 1. The summed E-state index contributed by atoms with van der Waals surface area (Å²) in [5.74, 6) is 1.02. The molecular formula is C16H26O. The van der Waals surface area contributed by atoms with Gasteiger partial charge in [0.1, 0.15) is 5.75 Å². The highest BCUT2D eigenvalue weighted by Crippen LogP contribution is 2.35. The quantitative estimate of drug-likeness (QED) is 0.722. The molecule has 0 heterocycles. The predicted octanol–water partition coefficient (Wildman–Crippen LogP) is 4.68. The molecule has 1 heteroatoms. The van der Waals surface area contributed by atoms with Crippen LogP contribution < -0.4 is 4.74 Å². The van der Waals surface area contributed by atoms with Gasteiger partial charge in [0.25, 0.3) is 0 Å². The largest absolute Gasteiger partial charge is 0.494 e. The first kappa shape index (κ1) is 14.1. The maximum absolute atomic E-state index is 5.73. The average Bonchev–Trinajstić information content (AvgIpc) is 2.15. The van der Waals surface area contributed by atoms with E-state index in [4.69, 9.17) is 4.74 Å². The van der Waals surface area contributed by atoms with E-state index in [1.54, 1.807) is 0 Å². The zero-order valence-corrected chi connectivity index (χ0v) is 12.3. The zero-order valence-electron chi connectivity index (χ0n) is 12.3. The second-order valence-electron chi connectivity index (χ2n) is 6.64. The molecule has 1 rings (SSSR count). The number of hydrogen-bond donors (Lipinski definition) is 0. The zero-order chi connectivity index (χ0) is 13.3. The lowest BCUT2D eigenvalue weighted by molar-refractivity contribution is 0.329. The predicted molar refractivity (Wildman–Crippen MR) is 75.0 cm³/mol. The van der Waals surface area contributed by atoms with Crippen molar-refractivity contribution < 1.29 is 4.74 Å². The van der Waals surface area contributed by atoms with Gasteiger partial charge in [-0.2, -0.15) is 0 Å². The molecule has 1 aromatic carbocycles. The average molecular weight is 234 g/mol. The van der Waals surface area contributed by atoms with Crippen LogP contribution in [0.4, 0.5) is 0 Å². The molecule has 0 aromatic heterocycles. The van der Waals surface area contributed by atoms with E-state index in [0.717, 1.165) is 12.4 Å². The van der Waals surface area contributed by atoms with Crippen LogP contribution in [0.15, 0.2) is 18.2 Å². The minimum atomic E-state index is 0.117. The van der Waals surface area contributed by atoms with Crippen LogP contribution in [-0.2, 0) is 10.8 Å². The van der Waals surface area contributed by atoms with Crippen molar-refractivity contribution in [3.05, 3.63) is 29.3 Å². The van der Waals surface area contributed by atoms with Crippen LogP contribution in [0, 0.1) is 0 Å². The highest BCUT2D eigenvalue weighted by molar-refractivity contribution is 5.43. The Morgan fingerprint density at radius 1 is 0.941 bits per heavy atom. The van der Waals surface area contributed by atoms with E-state index in [9.17, 15) is 0 Å². The minimum Gasteiger partial charge on any atom is -0.494 e. The van der Waals surface area contributed by atoms with Gasteiger partial charge in [0.05, 0.1) is 6.61 Å². The van der Waals surface area contributed by atoms with E-state index in [1.165, 1.54) is 11.1 Å². The van der Waals surface area contributed by atoms with Crippen molar-refractivity contribution in [3.63, 3.8) is 0 Å². The van der Waals surface area contributed by atoms with Crippen molar-refractivity contribution in [1.29, 1.82) is 0 Å². The minimum absolute atomic E-state index is 0.117. The first-order valence-electron chi connectivity index (χ1n) is 6.44. The normalized spacial score (nSPS) is 12.6. The number of hydrogen-bond acceptors (Lipinski definition) is 1. The van der Waals surface area contributed by atoms with E-state index in [1.807, 2.05) is 6.92 Å². The molecule has 17 heavy (non-hydrogen) atoms. The van der Waals surface area contributed by atoms with Crippen molar-refractivity contribution in [2.75, 3.05) is 6.61 Å².